The van der Waals surface area contributed by atoms with Crippen molar-refractivity contribution < 1.29 is 14.0 Å². The number of rotatable bonds is 3. The fraction of sp³-hybridized carbons (Fsp3) is 0.250. The number of aromatic nitrogens is 3. The molecule has 1 fully saturated rings. The molecule has 26 heavy (non-hydrogen) atoms. The molecule has 4 heterocycles. The second-order valence-electron chi connectivity index (χ2n) is 5.95. The van der Waals surface area contributed by atoms with E-state index in [9.17, 15) is 9.59 Å². The van der Waals surface area contributed by atoms with E-state index >= 15 is 0 Å². The second kappa shape index (κ2) is 6.77. The first kappa shape index (κ1) is 17.9. The summed E-state index contributed by atoms with van der Waals surface area (Å²) in [5.41, 5.74) is 12.2. The maximum absolute atomic E-state index is 13.0. The zero-order valence-corrected chi connectivity index (χ0v) is 14.5. The molecule has 4 N–H and O–H groups in total. The summed E-state index contributed by atoms with van der Waals surface area (Å²) in [6, 6.07) is 5.02. The summed E-state index contributed by atoms with van der Waals surface area (Å²) in [7, 11) is 0. The van der Waals surface area contributed by atoms with Crippen molar-refractivity contribution in [3.05, 3.63) is 42.2 Å². The van der Waals surface area contributed by atoms with Gasteiger partial charge in [-0.1, -0.05) is 0 Å². The first-order valence-electron chi connectivity index (χ1n) is 7.81. The van der Waals surface area contributed by atoms with Crippen LogP contribution in [0, 0.1) is 0 Å². The molecule has 0 aliphatic carbocycles. The van der Waals surface area contributed by atoms with E-state index in [1.807, 2.05) is 0 Å². The minimum atomic E-state index is -0.715. The molecule has 1 saturated heterocycles. The number of carbonyl (C=O) groups is 2. The summed E-state index contributed by atoms with van der Waals surface area (Å²) in [5.74, 6) is -0.443. The van der Waals surface area contributed by atoms with Crippen molar-refractivity contribution in [2.75, 3.05) is 13.1 Å². The standard InChI is InChI=1S/C16H16N6O3.ClH/c17-9-3-4-21(7-9)16(24)11-6-10(12-2-1-5-25-12)20-15-13(14(18)23)19-8-22(11)15;/h1-2,5-6,8-9H,3-4,7,17H2,(H2,18,23);1H. The van der Waals surface area contributed by atoms with Crippen LogP contribution in [0.5, 0.6) is 0 Å². The van der Waals surface area contributed by atoms with E-state index in [1.165, 1.54) is 17.0 Å². The average molecular weight is 377 g/mol. The van der Waals surface area contributed by atoms with Gasteiger partial charge in [-0.2, -0.15) is 0 Å². The topological polar surface area (TPSA) is 133 Å². The van der Waals surface area contributed by atoms with Gasteiger partial charge in [-0.15, -0.1) is 12.4 Å². The van der Waals surface area contributed by atoms with E-state index in [-0.39, 0.29) is 35.7 Å². The number of primary amides is 1. The van der Waals surface area contributed by atoms with Crippen LogP contribution in [-0.2, 0) is 0 Å². The van der Waals surface area contributed by atoms with Crippen LogP contribution in [0.25, 0.3) is 17.1 Å². The number of likely N-dealkylation sites (tertiary alicyclic amines) is 1. The van der Waals surface area contributed by atoms with Gasteiger partial charge < -0.3 is 20.8 Å². The minimum Gasteiger partial charge on any atom is -0.463 e. The van der Waals surface area contributed by atoms with Crippen molar-refractivity contribution in [2.45, 2.75) is 12.5 Å². The van der Waals surface area contributed by atoms with Crippen LogP contribution < -0.4 is 11.5 Å². The van der Waals surface area contributed by atoms with Crippen molar-refractivity contribution in [1.29, 1.82) is 0 Å². The van der Waals surface area contributed by atoms with Gasteiger partial charge in [0.1, 0.15) is 17.7 Å². The molecule has 3 aromatic rings. The molecular formula is C16H17ClN6O3. The summed E-state index contributed by atoms with van der Waals surface area (Å²) in [6.45, 7) is 1.06. The zero-order chi connectivity index (χ0) is 17.6. The minimum absolute atomic E-state index is 0. The van der Waals surface area contributed by atoms with Gasteiger partial charge in [0.25, 0.3) is 11.8 Å². The maximum atomic E-state index is 13.0. The molecule has 4 rings (SSSR count). The zero-order valence-electron chi connectivity index (χ0n) is 13.7. The van der Waals surface area contributed by atoms with E-state index in [0.717, 1.165) is 6.42 Å². The Morgan fingerprint density at radius 1 is 1.35 bits per heavy atom. The largest absolute Gasteiger partial charge is 0.463 e. The number of fused-ring (bicyclic) bond motifs is 1. The van der Waals surface area contributed by atoms with Crippen molar-refractivity contribution in [2.24, 2.45) is 11.5 Å². The third-order valence-corrected chi connectivity index (χ3v) is 4.24. The number of nitrogens with two attached hydrogens (primary N) is 2. The molecule has 0 spiro atoms. The molecule has 1 aliphatic rings. The van der Waals surface area contributed by atoms with Crippen molar-refractivity contribution in [3.63, 3.8) is 0 Å². The Balaban J connectivity index is 0.00000196. The molecular weight excluding hydrogens is 360 g/mol. The number of hydrogen-bond donors (Lipinski definition) is 2. The molecule has 3 aromatic heterocycles. The lowest BCUT2D eigenvalue weighted by atomic mass is 10.2. The van der Waals surface area contributed by atoms with Crippen LogP contribution in [0.2, 0.25) is 0 Å². The highest BCUT2D eigenvalue weighted by Gasteiger charge is 2.28. The Morgan fingerprint density at radius 2 is 2.15 bits per heavy atom. The van der Waals surface area contributed by atoms with Gasteiger partial charge in [-0.3, -0.25) is 14.0 Å². The monoisotopic (exact) mass is 376 g/mol. The summed E-state index contributed by atoms with van der Waals surface area (Å²) < 4.78 is 6.84. The van der Waals surface area contributed by atoms with Crippen LogP contribution >= 0.6 is 12.4 Å². The van der Waals surface area contributed by atoms with E-state index in [2.05, 4.69) is 9.97 Å². The number of carbonyl (C=O) groups excluding carboxylic acids is 2. The fourth-order valence-corrected chi connectivity index (χ4v) is 2.99. The van der Waals surface area contributed by atoms with Crippen molar-refractivity contribution in [3.8, 4) is 11.5 Å². The van der Waals surface area contributed by atoms with E-state index in [1.54, 1.807) is 23.1 Å². The first-order chi connectivity index (χ1) is 12.0. The Bertz CT molecular complexity index is 968. The predicted octanol–water partition coefficient (Wildman–Crippen LogP) is 0.683. The number of halogens is 1. The lowest BCUT2D eigenvalue weighted by Crippen LogP contribution is -2.33. The first-order valence-corrected chi connectivity index (χ1v) is 7.81. The van der Waals surface area contributed by atoms with Crippen molar-refractivity contribution >= 4 is 29.9 Å². The fourth-order valence-electron chi connectivity index (χ4n) is 2.99. The highest BCUT2D eigenvalue weighted by molar-refractivity contribution is 5.99. The Kier molecular flexibility index (Phi) is 4.66. The summed E-state index contributed by atoms with van der Waals surface area (Å²) in [6.07, 6.45) is 3.63. The normalized spacial score (nSPS) is 16.7. The molecule has 10 heteroatoms. The lowest BCUT2D eigenvalue weighted by molar-refractivity contribution is 0.0783. The Morgan fingerprint density at radius 3 is 2.77 bits per heavy atom. The number of furan rings is 1. The molecule has 0 bridgehead atoms. The van der Waals surface area contributed by atoms with Gasteiger partial charge in [-0.05, 0) is 24.6 Å². The number of imidazole rings is 1. The Labute approximate surface area is 154 Å². The summed E-state index contributed by atoms with van der Waals surface area (Å²) in [5, 5.41) is 0. The molecule has 1 unspecified atom stereocenters. The highest BCUT2D eigenvalue weighted by Crippen LogP contribution is 2.23. The molecule has 0 aromatic carbocycles. The van der Waals surface area contributed by atoms with Crippen LogP contribution in [0.4, 0.5) is 0 Å². The van der Waals surface area contributed by atoms with Crippen LogP contribution in [0.15, 0.2) is 35.2 Å². The third kappa shape index (κ3) is 2.91. The molecule has 1 atom stereocenters. The van der Waals surface area contributed by atoms with Crippen LogP contribution in [0.3, 0.4) is 0 Å². The molecule has 2 amide bonds. The number of nitrogens with zero attached hydrogens (tertiary/aromatic N) is 4. The second-order valence-corrected chi connectivity index (χ2v) is 5.95. The van der Waals surface area contributed by atoms with Gasteiger partial charge in [0.2, 0.25) is 0 Å². The SMILES string of the molecule is Cl.NC(=O)c1ncn2c(C(=O)N3CCC(N)C3)cc(-c3ccco3)nc12. The Hall–Kier alpha value is -2.91. The quantitative estimate of drug-likeness (QED) is 0.690. The number of amides is 2. The molecule has 0 radical (unpaired) electrons. The van der Waals surface area contributed by atoms with Gasteiger partial charge >= 0.3 is 0 Å². The highest BCUT2D eigenvalue weighted by atomic mass is 35.5. The predicted molar refractivity (Wildman–Crippen MR) is 95.0 cm³/mol. The lowest BCUT2D eigenvalue weighted by Gasteiger charge is -2.17. The smallest absolute Gasteiger partial charge is 0.271 e. The molecule has 0 saturated carbocycles. The van der Waals surface area contributed by atoms with Crippen LogP contribution in [0.1, 0.15) is 27.4 Å². The van der Waals surface area contributed by atoms with E-state index in [4.69, 9.17) is 15.9 Å². The van der Waals surface area contributed by atoms with Gasteiger partial charge in [0.15, 0.2) is 17.1 Å². The summed E-state index contributed by atoms with van der Waals surface area (Å²) in [4.78, 5) is 34.7. The average Bonchev–Trinajstić information content (AvgIpc) is 3.32. The van der Waals surface area contributed by atoms with Gasteiger partial charge in [0, 0.05) is 19.1 Å². The van der Waals surface area contributed by atoms with E-state index in [0.29, 0.717) is 30.2 Å². The van der Waals surface area contributed by atoms with Crippen LogP contribution in [-0.4, -0.2) is 50.2 Å². The molecule has 1 aliphatic heterocycles. The van der Waals surface area contributed by atoms with Crippen molar-refractivity contribution in [1.82, 2.24) is 19.3 Å². The van der Waals surface area contributed by atoms with Gasteiger partial charge in [0.05, 0.1) is 6.26 Å². The van der Waals surface area contributed by atoms with E-state index < -0.39 is 5.91 Å². The summed E-state index contributed by atoms with van der Waals surface area (Å²) >= 11 is 0. The number of hydrogen-bond acceptors (Lipinski definition) is 6. The maximum Gasteiger partial charge on any atom is 0.271 e. The van der Waals surface area contributed by atoms with Gasteiger partial charge in [-0.25, -0.2) is 9.97 Å². The molecule has 136 valence electrons. The molecule has 9 nitrogen and oxygen atoms in total. The third-order valence-electron chi connectivity index (χ3n) is 4.24.